The average molecular weight is 268 g/mol. The molecule has 0 aliphatic rings. The maximum Gasteiger partial charge on any atom is 0.355 e. The van der Waals surface area contributed by atoms with Crippen LogP contribution in [0.25, 0.3) is 22.0 Å². The summed E-state index contributed by atoms with van der Waals surface area (Å²) in [6, 6.07) is 8.04. The molecule has 0 saturated carbocycles. The minimum Gasteiger partial charge on any atom is -0.461 e. The molecule has 3 rings (SSSR count). The highest BCUT2D eigenvalue weighted by atomic mass is 16.5. The summed E-state index contributed by atoms with van der Waals surface area (Å²) in [6.07, 6.45) is 3.77. The molecule has 20 heavy (non-hydrogen) atoms. The van der Waals surface area contributed by atoms with Gasteiger partial charge in [-0.15, -0.1) is 0 Å². The van der Waals surface area contributed by atoms with Gasteiger partial charge >= 0.3 is 5.97 Å². The standard InChI is InChI=1S/C16H16N2O2/c1-3-20-16(19)15-14(10(2)8-18-15)12-9-17-13-7-5-4-6-11(12)13/h4-9,17-18H,3H2,1-2H3. The first-order chi connectivity index (χ1) is 9.72. The van der Waals surface area contributed by atoms with Gasteiger partial charge in [0.25, 0.3) is 0 Å². The van der Waals surface area contributed by atoms with E-state index in [-0.39, 0.29) is 5.97 Å². The first-order valence-electron chi connectivity index (χ1n) is 6.64. The van der Waals surface area contributed by atoms with Gasteiger partial charge in [0.1, 0.15) is 5.69 Å². The van der Waals surface area contributed by atoms with Gasteiger partial charge in [0, 0.05) is 34.4 Å². The van der Waals surface area contributed by atoms with Gasteiger partial charge in [-0.25, -0.2) is 4.79 Å². The molecular formula is C16H16N2O2. The molecule has 0 unspecified atom stereocenters. The summed E-state index contributed by atoms with van der Waals surface area (Å²) < 4.78 is 5.11. The highest BCUT2D eigenvalue weighted by Crippen LogP contribution is 2.33. The molecular weight excluding hydrogens is 252 g/mol. The number of nitrogens with one attached hydrogen (secondary N) is 2. The Balaban J connectivity index is 2.19. The molecule has 0 atom stereocenters. The number of ether oxygens (including phenoxy) is 1. The predicted molar refractivity (Wildman–Crippen MR) is 78.8 cm³/mol. The SMILES string of the molecule is CCOC(=O)c1[nH]cc(C)c1-c1c[nH]c2ccccc12. The zero-order valence-electron chi connectivity index (χ0n) is 11.5. The zero-order chi connectivity index (χ0) is 14.1. The van der Waals surface area contributed by atoms with E-state index in [1.54, 1.807) is 6.92 Å². The molecule has 0 bridgehead atoms. The summed E-state index contributed by atoms with van der Waals surface area (Å²) in [6.45, 7) is 4.15. The van der Waals surface area contributed by atoms with Crippen LogP contribution in [0.3, 0.4) is 0 Å². The quantitative estimate of drug-likeness (QED) is 0.712. The number of esters is 1. The molecule has 0 radical (unpaired) electrons. The lowest BCUT2D eigenvalue weighted by Gasteiger charge is -2.04. The number of fused-ring (bicyclic) bond motifs is 1. The molecule has 0 amide bonds. The Morgan fingerprint density at radius 2 is 2.00 bits per heavy atom. The maximum absolute atomic E-state index is 12.0. The molecule has 0 spiro atoms. The van der Waals surface area contributed by atoms with Crippen molar-refractivity contribution in [1.82, 2.24) is 9.97 Å². The van der Waals surface area contributed by atoms with Gasteiger partial charge in [-0.2, -0.15) is 0 Å². The second-order valence-corrected chi connectivity index (χ2v) is 4.69. The summed E-state index contributed by atoms with van der Waals surface area (Å²) in [7, 11) is 0. The molecule has 2 heterocycles. The van der Waals surface area contributed by atoms with Crippen molar-refractivity contribution in [2.75, 3.05) is 6.61 Å². The van der Waals surface area contributed by atoms with Gasteiger partial charge in [-0.3, -0.25) is 0 Å². The summed E-state index contributed by atoms with van der Waals surface area (Å²) in [5, 5.41) is 1.10. The number of benzene rings is 1. The summed E-state index contributed by atoms with van der Waals surface area (Å²) >= 11 is 0. The van der Waals surface area contributed by atoms with Gasteiger partial charge in [-0.05, 0) is 25.5 Å². The van der Waals surface area contributed by atoms with Gasteiger partial charge in [-0.1, -0.05) is 18.2 Å². The lowest BCUT2D eigenvalue weighted by molar-refractivity contribution is 0.0521. The number of H-pyrrole nitrogens is 2. The van der Waals surface area contributed by atoms with Crippen molar-refractivity contribution in [1.29, 1.82) is 0 Å². The van der Waals surface area contributed by atoms with Gasteiger partial charge < -0.3 is 14.7 Å². The molecule has 0 aliphatic heterocycles. The van der Waals surface area contributed by atoms with Gasteiger partial charge in [0.05, 0.1) is 6.61 Å². The van der Waals surface area contributed by atoms with Crippen LogP contribution in [0.1, 0.15) is 23.0 Å². The number of carbonyl (C=O) groups is 1. The molecule has 2 aromatic heterocycles. The third-order valence-corrected chi connectivity index (χ3v) is 3.42. The van der Waals surface area contributed by atoms with Crippen LogP contribution in [-0.2, 0) is 4.74 Å². The van der Waals surface area contributed by atoms with Crippen LogP contribution in [0.4, 0.5) is 0 Å². The molecule has 102 valence electrons. The van der Waals surface area contributed by atoms with Crippen molar-refractivity contribution in [3.63, 3.8) is 0 Å². The number of carbonyl (C=O) groups excluding carboxylic acids is 1. The van der Waals surface area contributed by atoms with Crippen LogP contribution in [0, 0.1) is 6.92 Å². The minimum absolute atomic E-state index is 0.319. The molecule has 4 nitrogen and oxygen atoms in total. The first-order valence-corrected chi connectivity index (χ1v) is 6.64. The number of aromatic nitrogens is 2. The molecule has 4 heteroatoms. The number of aromatic amines is 2. The molecule has 1 aromatic carbocycles. The van der Waals surface area contributed by atoms with Crippen molar-refractivity contribution in [3.8, 4) is 11.1 Å². The smallest absolute Gasteiger partial charge is 0.355 e. The third-order valence-electron chi connectivity index (χ3n) is 3.42. The number of hydrogen-bond donors (Lipinski definition) is 2. The fourth-order valence-electron chi connectivity index (χ4n) is 2.51. The van der Waals surface area contributed by atoms with E-state index in [0.717, 1.165) is 27.6 Å². The van der Waals surface area contributed by atoms with Crippen molar-refractivity contribution in [2.24, 2.45) is 0 Å². The Kier molecular flexibility index (Phi) is 3.06. The predicted octanol–water partition coefficient (Wildman–Crippen LogP) is 3.65. The Morgan fingerprint density at radius 3 is 2.80 bits per heavy atom. The number of hydrogen-bond acceptors (Lipinski definition) is 2. The van der Waals surface area contributed by atoms with Crippen molar-refractivity contribution >= 4 is 16.9 Å². The molecule has 0 fully saturated rings. The van der Waals surface area contributed by atoms with Crippen molar-refractivity contribution < 1.29 is 9.53 Å². The van der Waals surface area contributed by atoms with E-state index < -0.39 is 0 Å². The number of para-hydroxylation sites is 1. The average Bonchev–Trinajstić information content (AvgIpc) is 3.02. The van der Waals surface area contributed by atoms with Crippen LogP contribution in [-0.4, -0.2) is 22.5 Å². The van der Waals surface area contributed by atoms with Gasteiger partial charge in [0.15, 0.2) is 0 Å². The van der Waals surface area contributed by atoms with E-state index >= 15 is 0 Å². The maximum atomic E-state index is 12.0. The number of aryl methyl sites for hydroxylation is 1. The second-order valence-electron chi connectivity index (χ2n) is 4.69. The summed E-state index contributed by atoms with van der Waals surface area (Å²) in [5.74, 6) is -0.319. The lowest BCUT2D eigenvalue weighted by Crippen LogP contribution is -2.06. The summed E-state index contributed by atoms with van der Waals surface area (Å²) in [5.41, 5.74) is 4.51. The van der Waals surface area contributed by atoms with E-state index in [4.69, 9.17) is 4.74 Å². The molecule has 2 N–H and O–H groups in total. The van der Waals surface area contributed by atoms with E-state index in [0.29, 0.717) is 12.3 Å². The molecule has 0 saturated heterocycles. The van der Waals surface area contributed by atoms with E-state index in [9.17, 15) is 4.79 Å². The fraction of sp³-hybridized carbons (Fsp3) is 0.188. The summed E-state index contributed by atoms with van der Waals surface area (Å²) in [4.78, 5) is 18.3. The van der Waals surface area contributed by atoms with Crippen LogP contribution in [0.5, 0.6) is 0 Å². The molecule has 0 aliphatic carbocycles. The van der Waals surface area contributed by atoms with Crippen LogP contribution in [0.2, 0.25) is 0 Å². The number of rotatable bonds is 3. The topological polar surface area (TPSA) is 57.9 Å². The van der Waals surface area contributed by atoms with Gasteiger partial charge in [0.2, 0.25) is 0 Å². The normalized spacial score (nSPS) is 10.9. The monoisotopic (exact) mass is 268 g/mol. The molecule has 3 aromatic rings. The largest absolute Gasteiger partial charge is 0.461 e. The van der Waals surface area contributed by atoms with Crippen molar-refractivity contribution in [3.05, 3.63) is 47.9 Å². The highest BCUT2D eigenvalue weighted by Gasteiger charge is 2.20. The van der Waals surface area contributed by atoms with Crippen LogP contribution in [0.15, 0.2) is 36.7 Å². The van der Waals surface area contributed by atoms with Crippen molar-refractivity contribution in [2.45, 2.75) is 13.8 Å². The highest BCUT2D eigenvalue weighted by molar-refractivity contribution is 6.03. The second kappa shape index (κ2) is 4.89. The zero-order valence-corrected chi connectivity index (χ0v) is 11.5. The first kappa shape index (κ1) is 12.5. The van der Waals surface area contributed by atoms with Crippen LogP contribution >= 0.6 is 0 Å². The Labute approximate surface area is 116 Å². The Morgan fingerprint density at radius 1 is 1.20 bits per heavy atom. The lowest BCUT2D eigenvalue weighted by atomic mass is 10.0. The van der Waals surface area contributed by atoms with Crippen LogP contribution < -0.4 is 0 Å². The van der Waals surface area contributed by atoms with E-state index in [1.165, 1.54) is 0 Å². The minimum atomic E-state index is -0.319. The van der Waals surface area contributed by atoms with E-state index in [1.807, 2.05) is 43.6 Å². The third kappa shape index (κ3) is 1.90. The Hall–Kier alpha value is -2.49. The van der Waals surface area contributed by atoms with E-state index in [2.05, 4.69) is 9.97 Å². The fourth-order valence-corrected chi connectivity index (χ4v) is 2.51. The Bertz CT molecular complexity index is 768.